The molecular formula is C9H13N3OS. The van der Waals surface area contributed by atoms with E-state index in [1.54, 1.807) is 6.20 Å². The Hall–Kier alpha value is -0.970. The van der Waals surface area contributed by atoms with E-state index < -0.39 is 0 Å². The topological polar surface area (TPSA) is 71.8 Å². The van der Waals surface area contributed by atoms with Crippen LogP contribution in [0.2, 0.25) is 0 Å². The summed E-state index contributed by atoms with van der Waals surface area (Å²) in [6, 6.07) is 0. The van der Waals surface area contributed by atoms with Crippen molar-refractivity contribution in [2.45, 2.75) is 18.8 Å². The van der Waals surface area contributed by atoms with Crippen molar-refractivity contribution in [3.05, 3.63) is 22.1 Å². The lowest BCUT2D eigenvalue weighted by molar-refractivity contribution is 0.626. The Balaban J connectivity index is 2.26. The van der Waals surface area contributed by atoms with Crippen molar-refractivity contribution >= 4 is 17.7 Å². The van der Waals surface area contributed by atoms with E-state index >= 15 is 0 Å². The molecule has 0 radical (unpaired) electrons. The molecule has 0 amide bonds. The van der Waals surface area contributed by atoms with E-state index in [0.717, 1.165) is 29.9 Å². The molecule has 1 aliphatic rings. The fourth-order valence-electron chi connectivity index (χ4n) is 1.72. The van der Waals surface area contributed by atoms with Crippen molar-refractivity contribution in [2.24, 2.45) is 0 Å². The lowest BCUT2D eigenvalue weighted by Crippen LogP contribution is -2.21. The predicted octanol–water partition coefficient (Wildman–Crippen LogP) is 0.963. The molecule has 76 valence electrons. The molecule has 0 saturated carbocycles. The van der Waals surface area contributed by atoms with E-state index in [1.165, 1.54) is 0 Å². The van der Waals surface area contributed by atoms with Crippen LogP contribution in [-0.2, 0) is 0 Å². The monoisotopic (exact) mass is 211 g/mol. The normalized spacial score (nSPS) is 18.3. The zero-order valence-corrected chi connectivity index (χ0v) is 8.64. The van der Waals surface area contributed by atoms with E-state index in [-0.39, 0.29) is 11.5 Å². The number of aromatic nitrogens is 2. The maximum absolute atomic E-state index is 11.6. The van der Waals surface area contributed by atoms with Gasteiger partial charge >= 0.3 is 0 Å². The molecule has 0 aromatic carbocycles. The Morgan fingerprint density at radius 3 is 2.86 bits per heavy atom. The van der Waals surface area contributed by atoms with Gasteiger partial charge in [0.15, 0.2) is 5.95 Å². The maximum atomic E-state index is 11.6. The molecule has 2 heterocycles. The van der Waals surface area contributed by atoms with Crippen molar-refractivity contribution in [2.75, 3.05) is 17.2 Å². The average molecular weight is 211 g/mol. The molecule has 0 aliphatic carbocycles. The van der Waals surface area contributed by atoms with Gasteiger partial charge in [-0.25, -0.2) is 4.98 Å². The molecule has 1 aliphatic heterocycles. The number of nitrogens with zero attached hydrogens (tertiary/aromatic N) is 1. The second-order valence-electron chi connectivity index (χ2n) is 3.44. The Morgan fingerprint density at radius 1 is 1.50 bits per heavy atom. The molecule has 3 N–H and O–H groups in total. The maximum Gasteiger partial charge on any atom is 0.255 e. The minimum atomic E-state index is -0.0746. The van der Waals surface area contributed by atoms with Crippen LogP contribution >= 0.6 is 11.8 Å². The van der Waals surface area contributed by atoms with Crippen molar-refractivity contribution in [1.82, 2.24) is 9.97 Å². The van der Waals surface area contributed by atoms with Crippen LogP contribution in [0.5, 0.6) is 0 Å². The van der Waals surface area contributed by atoms with Crippen LogP contribution in [0.25, 0.3) is 0 Å². The summed E-state index contributed by atoms with van der Waals surface area (Å²) in [5.74, 6) is 2.83. The summed E-state index contributed by atoms with van der Waals surface area (Å²) < 4.78 is 0. The van der Waals surface area contributed by atoms with Crippen molar-refractivity contribution in [3.63, 3.8) is 0 Å². The average Bonchev–Trinajstić information content (AvgIpc) is 2.19. The largest absolute Gasteiger partial charge is 0.369 e. The van der Waals surface area contributed by atoms with Gasteiger partial charge < -0.3 is 5.73 Å². The van der Waals surface area contributed by atoms with Crippen LogP contribution in [0, 0.1) is 0 Å². The van der Waals surface area contributed by atoms with E-state index in [4.69, 9.17) is 5.73 Å². The fraction of sp³-hybridized carbons (Fsp3) is 0.556. The zero-order chi connectivity index (χ0) is 9.97. The first-order valence-electron chi connectivity index (χ1n) is 4.70. The molecular weight excluding hydrogens is 198 g/mol. The number of anilines is 1. The summed E-state index contributed by atoms with van der Waals surface area (Å²) in [5, 5.41) is 0. The molecule has 1 aromatic rings. The molecule has 4 nitrogen and oxygen atoms in total. The second kappa shape index (κ2) is 4.04. The summed E-state index contributed by atoms with van der Waals surface area (Å²) in [5.41, 5.74) is 6.10. The summed E-state index contributed by atoms with van der Waals surface area (Å²) in [7, 11) is 0. The van der Waals surface area contributed by atoms with E-state index in [9.17, 15) is 4.79 Å². The van der Waals surface area contributed by atoms with Gasteiger partial charge in [0, 0.05) is 11.8 Å². The first-order chi connectivity index (χ1) is 6.77. The number of nitrogen functional groups attached to an aromatic ring is 1. The Morgan fingerprint density at radius 2 is 2.21 bits per heavy atom. The minimum Gasteiger partial charge on any atom is -0.369 e. The molecule has 2 rings (SSSR count). The molecule has 14 heavy (non-hydrogen) atoms. The predicted molar refractivity (Wildman–Crippen MR) is 58.6 cm³/mol. The smallest absolute Gasteiger partial charge is 0.255 e. The number of aromatic amines is 1. The van der Waals surface area contributed by atoms with Crippen LogP contribution in [0.1, 0.15) is 24.3 Å². The van der Waals surface area contributed by atoms with E-state index in [0.29, 0.717) is 5.92 Å². The Kier molecular flexibility index (Phi) is 2.77. The Labute approximate surface area is 86.3 Å². The molecule has 0 atom stereocenters. The van der Waals surface area contributed by atoms with Gasteiger partial charge in [-0.15, -0.1) is 0 Å². The van der Waals surface area contributed by atoms with E-state index in [2.05, 4.69) is 9.97 Å². The van der Waals surface area contributed by atoms with Crippen molar-refractivity contribution in [1.29, 1.82) is 0 Å². The molecule has 1 saturated heterocycles. The molecule has 0 unspecified atom stereocenters. The second-order valence-corrected chi connectivity index (χ2v) is 4.66. The Bertz CT molecular complexity index is 371. The summed E-state index contributed by atoms with van der Waals surface area (Å²) in [4.78, 5) is 18.0. The van der Waals surface area contributed by atoms with Gasteiger partial charge in [-0.1, -0.05) is 0 Å². The van der Waals surface area contributed by atoms with Crippen LogP contribution < -0.4 is 11.3 Å². The third-order valence-corrected chi connectivity index (χ3v) is 3.56. The van der Waals surface area contributed by atoms with Crippen molar-refractivity contribution in [3.8, 4) is 0 Å². The molecule has 5 heteroatoms. The molecule has 1 aromatic heterocycles. The summed E-state index contributed by atoms with van der Waals surface area (Å²) in [6.45, 7) is 0. The SMILES string of the molecule is Nc1ncc(C2CCSCC2)c(=O)[nH]1. The molecule has 0 bridgehead atoms. The van der Waals surface area contributed by atoms with Gasteiger partial charge in [0.05, 0.1) is 0 Å². The zero-order valence-electron chi connectivity index (χ0n) is 7.82. The standard InChI is InChI=1S/C9H13N3OS/c10-9-11-5-7(8(13)12-9)6-1-3-14-4-2-6/h5-6H,1-4H2,(H3,10,11,12,13). The van der Waals surface area contributed by atoms with Gasteiger partial charge in [-0.3, -0.25) is 9.78 Å². The number of hydrogen-bond donors (Lipinski definition) is 2. The first kappa shape index (κ1) is 9.58. The number of hydrogen-bond acceptors (Lipinski definition) is 4. The highest BCUT2D eigenvalue weighted by Gasteiger charge is 2.18. The van der Waals surface area contributed by atoms with Gasteiger partial charge in [0.2, 0.25) is 0 Å². The number of thioether (sulfide) groups is 1. The highest BCUT2D eigenvalue weighted by molar-refractivity contribution is 7.99. The summed E-state index contributed by atoms with van der Waals surface area (Å²) >= 11 is 1.94. The van der Waals surface area contributed by atoms with Crippen LogP contribution in [0.4, 0.5) is 5.95 Å². The highest BCUT2D eigenvalue weighted by atomic mass is 32.2. The minimum absolute atomic E-state index is 0.0746. The third-order valence-electron chi connectivity index (χ3n) is 2.51. The van der Waals surface area contributed by atoms with Gasteiger partial charge in [-0.2, -0.15) is 11.8 Å². The van der Waals surface area contributed by atoms with Crippen LogP contribution in [-0.4, -0.2) is 21.5 Å². The number of rotatable bonds is 1. The molecule has 0 spiro atoms. The van der Waals surface area contributed by atoms with Crippen LogP contribution in [0.3, 0.4) is 0 Å². The van der Waals surface area contributed by atoms with Crippen LogP contribution in [0.15, 0.2) is 11.0 Å². The fourth-order valence-corrected chi connectivity index (χ4v) is 2.82. The highest BCUT2D eigenvalue weighted by Crippen LogP contribution is 2.29. The third kappa shape index (κ3) is 1.92. The van der Waals surface area contributed by atoms with Crippen molar-refractivity contribution < 1.29 is 0 Å². The molecule has 1 fully saturated rings. The number of nitrogens with two attached hydrogens (primary N) is 1. The van der Waals surface area contributed by atoms with E-state index in [1.807, 2.05) is 11.8 Å². The lowest BCUT2D eigenvalue weighted by atomic mass is 9.96. The quantitative estimate of drug-likeness (QED) is 0.726. The number of H-pyrrole nitrogens is 1. The first-order valence-corrected chi connectivity index (χ1v) is 5.85. The van der Waals surface area contributed by atoms with Gasteiger partial charge in [0.25, 0.3) is 5.56 Å². The van der Waals surface area contributed by atoms with Gasteiger partial charge in [-0.05, 0) is 30.3 Å². The number of nitrogens with one attached hydrogen (secondary N) is 1. The lowest BCUT2D eigenvalue weighted by Gasteiger charge is -2.20. The van der Waals surface area contributed by atoms with Gasteiger partial charge in [0.1, 0.15) is 0 Å². The summed E-state index contributed by atoms with van der Waals surface area (Å²) in [6.07, 6.45) is 3.76.